The lowest BCUT2D eigenvalue weighted by molar-refractivity contribution is -0.149. The molecule has 0 radical (unpaired) electrons. The van der Waals surface area contributed by atoms with Gasteiger partial charge in [0.25, 0.3) is 0 Å². The third kappa shape index (κ3) is 17.6. The molecule has 2 rings (SSSR count). The Morgan fingerprint density at radius 1 is 0.695 bits per heavy atom. The maximum atomic E-state index is 14.3. The fourth-order valence-corrected chi connectivity index (χ4v) is 6.81. The molecule has 1 fully saturated rings. The predicted octanol–water partition coefficient (Wildman–Crippen LogP) is 0.268. The van der Waals surface area contributed by atoms with Crippen LogP contribution in [0.2, 0.25) is 0 Å². The first-order chi connectivity index (χ1) is 27.7. The minimum absolute atomic E-state index is 0.0198. The highest BCUT2D eigenvalue weighted by Gasteiger charge is 2.39. The Hall–Kier alpha value is -5.26. The number of carbonyl (C=O) groups excluding carboxylic acids is 6. The second-order valence-electron chi connectivity index (χ2n) is 16.6. The van der Waals surface area contributed by atoms with Crippen LogP contribution in [0.1, 0.15) is 99.0 Å². The minimum Gasteiger partial charge on any atom is -0.480 e. The van der Waals surface area contributed by atoms with E-state index < -0.39 is 83.7 Å². The number of aliphatic carboxylic acids is 1. The molecule has 18 nitrogen and oxygen atoms in total. The Kier molecular flexibility index (Phi) is 20.8. The van der Waals surface area contributed by atoms with E-state index in [4.69, 9.17) is 17.2 Å². The molecule has 1 aromatic rings. The first-order valence-electron chi connectivity index (χ1n) is 20.6. The number of amides is 6. The molecule has 18 heteroatoms. The first-order valence-corrected chi connectivity index (χ1v) is 20.6. The number of hydrogen-bond acceptors (Lipinski definition) is 9. The Morgan fingerprint density at radius 3 is 1.58 bits per heavy atom. The molecule has 0 bridgehead atoms. The average Bonchev–Trinajstić information content (AvgIpc) is 3.65. The van der Waals surface area contributed by atoms with Crippen LogP contribution in [-0.2, 0) is 40.0 Å². The van der Waals surface area contributed by atoms with Crippen LogP contribution in [-0.4, -0.2) is 113 Å². The van der Waals surface area contributed by atoms with E-state index in [1.807, 2.05) is 47.6 Å². The molecule has 0 aliphatic carbocycles. The lowest BCUT2D eigenvalue weighted by Gasteiger charge is -2.30. The molecule has 1 aliphatic rings. The number of benzene rings is 1. The molecule has 330 valence electrons. The summed E-state index contributed by atoms with van der Waals surface area (Å²) >= 11 is 0. The van der Waals surface area contributed by atoms with Crippen LogP contribution in [0.15, 0.2) is 35.3 Å². The zero-order chi connectivity index (χ0) is 44.4. The number of hydrogen-bond donors (Lipinski definition) is 9. The van der Waals surface area contributed by atoms with Crippen molar-refractivity contribution < 1.29 is 38.7 Å². The summed E-state index contributed by atoms with van der Waals surface area (Å²) in [5.41, 5.74) is 17.4. The second kappa shape index (κ2) is 24.6. The van der Waals surface area contributed by atoms with Crippen LogP contribution in [0.3, 0.4) is 0 Å². The van der Waals surface area contributed by atoms with Crippen LogP contribution in [0.4, 0.5) is 0 Å². The van der Waals surface area contributed by atoms with Gasteiger partial charge in [0.2, 0.25) is 35.4 Å². The van der Waals surface area contributed by atoms with Crippen molar-refractivity contribution in [1.82, 2.24) is 31.5 Å². The Balaban J connectivity index is 2.42. The van der Waals surface area contributed by atoms with Gasteiger partial charge in [0.15, 0.2) is 5.96 Å². The molecule has 0 aromatic heterocycles. The first kappa shape index (κ1) is 49.9. The van der Waals surface area contributed by atoms with Crippen LogP contribution >= 0.6 is 0 Å². The topological polar surface area (TPSA) is 294 Å². The number of rotatable bonds is 24. The summed E-state index contributed by atoms with van der Waals surface area (Å²) in [6, 6.07) is 1.51. The third-order valence-corrected chi connectivity index (χ3v) is 9.73. The maximum absolute atomic E-state index is 14.3. The van der Waals surface area contributed by atoms with Crippen molar-refractivity contribution in [1.29, 1.82) is 0 Å². The molecule has 6 amide bonds. The van der Waals surface area contributed by atoms with Gasteiger partial charge in [-0.05, 0) is 75.2 Å². The van der Waals surface area contributed by atoms with Crippen molar-refractivity contribution in [3.63, 3.8) is 0 Å². The summed E-state index contributed by atoms with van der Waals surface area (Å²) in [6.45, 7) is 13.1. The zero-order valence-electron chi connectivity index (χ0n) is 35.7. The van der Waals surface area contributed by atoms with Crippen molar-refractivity contribution in [2.24, 2.45) is 39.9 Å². The van der Waals surface area contributed by atoms with Crippen LogP contribution in [0, 0.1) is 17.8 Å². The molecule has 1 saturated heterocycles. The largest absolute Gasteiger partial charge is 0.480 e. The van der Waals surface area contributed by atoms with E-state index in [9.17, 15) is 38.7 Å². The highest BCUT2D eigenvalue weighted by Crippen LogP contribution is 2.20. The highest BCUT2D eigenvalue weighted by molar-refractivity contribution is 5.97. The van der Waals surface area contributed by atoms with Gasteiger partial charge in [0.1, 0.15) is 36.3 Å². The van der Waals surface area contributed by atoms with Gasteiger partial charge in [-0.15, -0.1) is 0 Å². The molecule has 0 spiro atoms. The van der Waals surface area contributed by atoms with E-state index in [2.05, 4.69) is 31.6 Å². The number of likely N-dealkylation sites (tertiary alicyclic amines) is 1. The summed E-state index contributed by atoms with van der Waals surface area (Å²) < 4.78 is 0. The second-order valence-corrected chi connectivity index (χ2v) is 16.6. The molecule has 1 aliphatic heterocycles. The predicted molar refractivity (Wildman–Crippen MR) is 224 cm³/mol. The van der Waals surface area contributed by atoms with Gasteiger partial charge in [-0.25, -0.2) is 4.79 Å². The lowest BCUT2D eigenvalue weighted by Crippen LogP contribution is -2.60. The Morgan fingerprint density at radius 2 is 1.14 bits per heavy atom. The number of guanidine groups is 1. The molecular weight excluding hydrogens is 761 g/mol. The SMILES string of the molecule is CC(C)C[C@H](NC(=O)[C@H](C)N)C(=O)N[C@@H](CC(C)C)C(=O)N[C@@H](Cc1ccccc1)C(=O)N[C@@H](CC(C)C)C(=O)N[C@@H](CCCN=C(N)N)C(=O)N1CCC[C@H]1C(=O)O. The maximum Gasteiger partial charge on any atom is 0.326 e. The summed E-state index contributed by atoms with van der Waals surface area (Å²) in [4.78, 5) is 99.4. The summed E-state index contributed by atoms with van der Waals surface area (Å²) in [6.07, 6.45) is 1.85. The number of nitrogens with two attached hydrogens (primary N) is 3. The molecule has 1 aromatic carbocycles. The number of carboxylic acid groups (broad SMARTS) is 1. The van der Waals surface area contributed by atoms with Crippen molar-refractivity contribution in [3.05, 3.63) is 35.9 Å². The minimum atomic E-state index is -1.21. The Labute approximate surface area is 348 Å². The molecule has 0 unspecified atom stereocenters. The van der Waals surface area contributed by atoms with Crippen LogP contribution in [0.5, 0.6) is 0 Å². The van der Waals surface area contributed by atoms with E-state index in [1.165, 1.54) is 11.8 Å². The quantitative estimate of drug-likeness (QED) is 0.0387. The van der Waals surface area contributed by atoms with E-state index in [0.29, 0.717) is 18.4 Å². The van der Waals surface area contributed by atoms with Gasteiger partial charge < -0.3 is 53.8 Å². The number of nitrogens with one attached hydrogen (secondary N) is 5. The van der Waals surface area contributed by atoms with Crippen LogP contribution < -0.4 is 43.8 Å². The van der Waals surface area contributed by atoms with Crippen molar-refractivity contribution in [2.75, 3.05) is 13.1 Å². The van der Waals surface area contributed by atoms with Gasteiger partial charge in [-0.3, -0.25) is 33.8 Å². The molecule has 1 heterocycles. The molecular formula is C41H68N10O8. The van der Waals surface area contributed by atoms with Gasteiger partial charge in [-0.2, -0.15) is 0 Å². The Bertz CT molecular complexity index is 1600. The number of nitrogens with zero attached hydrogens (tertiary/aromatic N) is 2. The highest BCUT2D eigenvalue weighted by atomic mass is 16.4. The molecule has 0 saturated carbocycles. The van der Waals surface area contributed by atoms with Gasteiger partial charge in [0.05, 0.1) is 6.04 Å². The van der Waals surface area contributed by atoms with Crippen molar-refractivity contribution >= 4 is 47.4 Å². The summed E-state index contributed by atoms with van der Waals surface area (Å²) in [7, 11) is 0. The summed E-state index contributed by atoms with van der Waals surface area (Å²) in [5, 5.41) is 23.6. The average molecular weight is 829 g/mol. The third-order valence-electron chi connectivity index (χ3n) is 9.73. The van der Waals surface area contributed by atoms with E-state index in [0.717, 1.165) is 0 Å². The number of aliphatic imine (C=N–C) groups is 1. The normalized spacial score (nSPS) is 16.9. The molecule has 59 heavy (non-hydrogen) atoms. The van der Waals surface area contributed by atoms with Gasteiger partial charge in [-0.1, -0.05) is 71.9 Å². The van der Waals surface area contributed by atoms with Crippen molar-refractivity contribution in [2.45, 2.75) is 142 Å². The van der Waals surface area contributed by atoms with E-state index in [1.54, 1.807) is 24.3 Å². The number of carboxylic acids is 1. The fraction of sp³-hybridized carbons (Fsp3) is 0.659. The van der Waals surface area contributed by atoms with E-state index in [-0.39, 0.29) is 75.3 Å². The van der Waals surface area contributed by atoms with E-state index >= 15 is 0 Å². The van der Waals surface area contributed by atoms with Gasteiger partial charge in [0, 0.05) is 19.5 Å². The zero-order valence-corrected chi connectivity index (χ0v) is 35.7. The standard InChI is InChI=1S/C41H68N10O8/c1-23(2)19-29(47-34(52)26(7)42)36(54)48-31(21-25(5)6)37(55)50-32(22-27-13-9-8-10-14-27)38(56)49-30(20-24(3)4)35(53)46-28(15-11-17-45-41(43)44)39(57)51-18-12-16-33(51)40(58)59/h8-10,13-14,23-26,28-33H,11-12,15-22,42H2,1-7H3,(H,46,53)(H,47,52)(H,48,54)(H,49,56)(H,50,55)(H,58,59)(H4,43,44,45)/t26-,28-,29-,30-,31-,32-,33-/m0/s1. The number of carbonyl (C=O) groups is 7. The van der Waals surface area contributed by atoms with Gasteiger partial charge >= 0.3 is 5.97 Å². The monoisotopic (exact) mass is 829 g/mol. The lowest BCUT2D eigenvalue weighted by atomic mass is 9.98. The van der Waals surface area contributed by atoms with Crippen LogP contribution in [0.25, 0.3) is 0 Å². The van der Waals surface area contributed by atoms with Crippen molar-refractivity contribution in [3.8, 4) is 0 Å². The summed E-state index contributed by atoms with van der Waals surface area (Å²) in [5.74, 6) is -5.07. The molecule has 12 N–H and O–H groups in total. The molecule has 7 atom stereocenters. The fourth-order valence-electron chi connectivity index (χ4n) is 6.81. The smallest absolute Gasteiger partial charge is 0.326 e.